The van der Waals surface area contributed by atoms with Crippen molar-refractivity contribution in [1.29, 1.82) is 0 Å². The molecule has 0 unspecified atom stereocenters. The third-order valence-electron chi connectivity index (χ3n) is 3.86. The second kappa shape index (κ2) is 9.23. The number of carbonyl (C=O) groups excluding carboxylic acids is 1. The normalized spacial score (nSPS) is 10.3. The minimum atomic E-state index is -0.0215. The Labute approximate surface area is 148 Å². The molecule has 0 aromatic heterocycles. The van der Waals surface area contributed by atoms with Gasteiger partial charge >= 0.3 is 0 Å². The van der Waals surface area contributed by atoms with E-state index in [2.05, 4.69) is 22.3 Å². The van der Waals surface area contributed by atoms with E-state index in [4.69, 9.17) is 4.18 Å². The first-order chi connectivity index (χ1) is 11.6. The lowest BCUT2D eigenvalue weighted by Crippen LogP contribution is -2.34. The van der Waals surface area contributed by atoms with Crippen LogP contribution in [0.4, 0.5) is 5.69 Å². The number of rotatable bonds is 8. The number of hydrogen-bond acceptors (Lipinski definition) is 4. The molecule has 0 atom stereocenters. The van der Waals surface area contributed by atoms with Gasteiger partial charge in [0.2, 0.25) is 5.91 Å². The summed E-state index contributed by atoms with van der Waals surface area (Å²) in [6.07, 6.45) is 0. The molecule has 2 aromatic rings. The molecule has 0 aliphatic carbocycles. The van der Waals surface area contributed by atoms with Crippen LogP contribution in [0.2, 0.25) is 0 Å². The van der Waals surface area contributed by atoms with Gasteiger partial charge < -0.3 is 14.4 Å². The van der Waals surface area contributed by atoms with Gasteiger partial charge in [0.1, 0.15) is 11.5 Å². The van der Waals surface area contributed by atoms with E-state index in [1.807, 2.05) is 57.3 Å². The molecular weight excluding hydrogens is 320 g/mol. The quantitative estimate of drug-likeness (QED) is 0.743. The molecular formula is C19H24N2O2S. The monoisotopic (exact) mass is 344 g/mol. The van der Waals surface area contributed by atoms with Crippen LogP contribution in [0.25, 0.3) is 0 Å². The van der Waals surface area contributed by atoms with Crippen LogP contribution in [0.15, 0.2) is 48.5 Å². The highest BCUT2D eigenvalue weighted by molar-refractivity contribution is 7.95. The average molecular weight is 344 g/mol. The summed E-state index contributed by atoms with van der Waals surface area (Å²) >= 11 is 1.17. The van der Waals surface area contributed by atoms with E-state index in [9.17, 15) is 4.79 Å². The van der Waals surface area contributed by atoms with Crippen LogP contribution in [0.3, 0.4) is 0 Å². The molecule has 2 rings (SSSR count). The van der Waals surface area contributed by atoms with Gasteiger partial charge in [-0.15, -0.1) is 0 Å². The fourth-order valence-electron chi connectivity index (χ4n) is 2.19. The highest BCUT2D eigenvalue weighted by atomic mass is 32.2. The number of nitrogens with one attached hydrogen (secondary N) is 1. The van der Waals surface area contributed by atoms with Gasteiger partial charge in [0.05, 0.1) is 12.0 Å². The molecule has 2 aromatic carbocycles. The van der Waals surface area contributed by atoms with E-state index in [1.54, 1.807) is 0 Å². The predicted molar refractivity (Wildman–Crippen MR) is 102 cm³/mol. The van der Waals surface area contributed by atoms with E-state index >= 15 is 0 Å². The van der Waals surface area contributed by atoms with Crippen LogP contribution in [0, 0.1) is 13.8 Å². The minimum absolute atomic E-state index is 0.0215. The molecule has 0 saturated carbocycles. The summed E-state index contributed by atoms with van der Waals surface area (Å²) in [5, 5.41) is 2.91. The van der Waals surface area contributed by atoms with Crippen molar-refractivity contribution in [1.82, 2.24) is 5.32 Å². The Morgan fingerprint density at radius 1 is 1.12 bits per heavy atom. The number of benzene rings is 2. The standard InChI is InChI=1S/C19H24N2O2S/c1-15-8-7-11-18(16(15)2)23-24-14-19(22)20-12-13-21(3)17-9-5-4-6-10-17/h4-11H,12-14H2,1-3H3,(H,20,22). The van der Waals surface area contributed by atoms with Crippen molar-refractivity contribution in [3.63, 3.8) is 0 Å². The van der Waals surface area contributed by atoms with Crippen molar-refractivity contribution < 1.29 is 8.98 Å². The first-order valence-electron chi connectivity index (χ1n) is 7.96. The van der Waals surface area contributed by atoms with Gasteiger partial charge in [-0.05, 0) is 43.2 Å². The Bertz CT molecular complexity index is 662. The highest BCUT2D eigenvalue weighted by Crippen LogP contribution is 2.23. The van der Waals surface area contributed by atoms with Crippen LogP contribution >= 0.6 is 12.0 Å². The molecule has 0 heterocycles. The maximum absolute atomic E-state index is 11.9. The Hall–Kier alpha value is -2.14. The number of nitrogens with zero attached hydrogens (tertiary/aromatic N) is 1. The Morgan fingerprint density at radius 3 is 2.62 bits per heavy atom. The van der Waals surface area contributed by atoms with Crippen LogP contribution in [0.5, 0.6) is 5.75 Å². The van der Waals surface area contributed by atoms with Gasteiger partial charge in [0, 0.05) is 25.8 Å². The van der Waals surface area contributed by atoms with E-state index in [0.29, 0.717) is 6.54 Å². The summed E-state index contributed by atoms with van der Waals surface area (Å²) in [6, 6.07) is 16.0. The maximum atomic E-state index is 11.9. The van der Waals surface area contributed by atoms with E-state index in [1.165, 1.54) is 17.6 Å². The van der Waals surface area contributed by atoms with Crippen molar-refractivity contribution in [3.05, 3.63) is 59.7 Å². The molecule has 0 aliphatic heterocycles. The Morgan fingerprint density at radius 2 is 1.88 bits per heavy atom. The predicted octanol–water partition coefficient (Wildman–Crippen LogP) is 3.58. The van der Waals surface area contributed by atoms with Crippen LogP contribution in [0.1, 0.15) is 11.1 Å². The SMILES string of the molecule is Cc1cccc(OSCC(=O)NCCN(C)c2ccccc2)c1C. The molecule has 0 radical (unpaired) electrons. The Kier molecular flexibility index (Phi) is 7.00. The summed E-state index contributed by atoms with van der Waals surface area (Å²) in [7, 11) is 2.01. The fraction of sp³-hybridized carbons (Fsp3) is 0.316. The van der Waals surface area contributed by atoms with Crippen molar-refractivity contribution in [2.24, 2.45) is 0 Å². The summed E-state index contributed by atoms with van der Waals surface area (Å²) in [6.45, 7) is 5.43. The first-order valence-corrected chi connectivity index (χ1v) is 8.87. The molecule has 0 fully saturated rings. The lowest BCUT2D eigenvalue weighted by atomic mass is 10.1. The zero-order valence-corrected chi connectivity index (χ0v) is 15.2. The molecule has 0 saturated heterocycles. The van der Waals surface area contributed by atoms with Crippen molar-refractivity contribution in [2.45, 2.75) is 13.8 Å². The Balaban J connectivity index is 1.66. The second-order valence-corrected chi connectivity index (χ2v) is 6.34. The van der Waals surface area contributed by atoms with Crippen molar-refractivity contribution in [2.75, 3.05) is 30.8 Å². The van der Waals surface area contributed by atoms with Gasteiger partial charge in [-0.1, -0.05) is 30.3 Å². The van der Waals surface area contributed by atoms with Gasteiger partial charge in [0.15, 0.2) is 0 Å². The van der Waals surface area contributed by atoms with Gasteiger partial charge in [-0.3, -0.25) is 4.79 Å². The third kappa shape index (κ3) is 5.49. The summed E-state index contributed by atoms with van der Waals surface area (Å²) in [5.41, 5.74) is 3.43. The van der Waals surface area contributed by atoms with Crippen LogP contribution in [-0.2, 0) is 4.79 Å². The van der Waals surface area contributed by atoms with Crippen LogP contribution in [-0.4, -0.2) is 31.8 Å². The van der Waals surface area contributed by atoms with Gasteiger partial charge in [0.25, 0.3) is 0 Å². The largest absolute Gasteiger partial charge is 0.425 e. The summed E-state index contributed by atoms with van der Waals surface area (Å²) in [5.74, 6) is 1.07. The van der Waals surface area contributed by atoms with Crippen molar-refractivity contribution >= 4 is 23.6 Å². The van der Waals surface area contributed by atoms with Gasteiger partial charge in [-0.2, -0.15) is 0 Å². The molecule has 24 heavy (non-hydrogen) atoms. The third-order valence-corrected chi connectivity index (χ3v) is 4.54. The smallest absolute Gasteiger partial charge is 0.233 e. The highest BCUT2D eigenvalue weighted by Gasteiger charge is 2.06. The number of amides is 1. The molecule has 0 bridgehead atoms. The summed E-state index contributed by atoms with van der Waals surface area (Å²) < 4.78 is 5.63. The molecule has 128 valence electrons. The lowest BCUT2D eigenvalue weighted by molar-refractivity contribution is -0.118. The fourth-order valence-corrected chi connectivity index (χ4v) is 2.76. The molecule has 0 spiro atoms. The number of aryl methyl sites for hydroxylation is 1. The molecule has 5 heteroatoms. The summed E-state index contributed by atoms with van der Waals surface area (Å²) in [4.78, 5) is 14.0. The maximum Gasteiger partial charge on any atom is 0.233 e. The van der Waals surface area contributed by atoms with Crippen molar-refractivity contribution in [3.8, 4) is 5.75 Å². The van der Waals surface area contributed by atoms with E-state index in [0.717, 1.165) is 23.5 Å². The number of para-hydroxylation sites is 1. The second-order valence-electron chi connectivity index (χ2n) is 5.65. The topological polar surface area (TPSA) is 41.6 Å². The lowest BCUT2D eigenvalue weighted by Gasteiger charge is -2.19. The van der Waals surface area contributed by atoms with E-state index < -0.39 is 0 Å². The molecule has 4 nitrogen and oxygen atoms in total. The average Bonchev–Trinajstić information content (AvgIpc) is 2.59. The number of hydrogen-bond donors (Lipinski definition) is 1. The molecule has 1 amide bonds. The van der Waals surface area contributed by atoms with Crippen LogP contribution < -0.4 is 14.4 Å². The minimum Gasteiger partial charge on any atom is -0.425 e. The molecule has 0 aliphatic rings. The number of likely N-dealkylation sites (N-methyl/N-ethyl adjacent to an activating group) is 1. The zero-order chi connectivity index (χ0) is 17.4. The first kappa shape index (κ1) is 18.2. The van der Waals surface area contributed by atoms with E-state index in [-0.39, 0.29) is 11.7 Å². The number of carbonyl (C=O) groups is 1. The number of anilines is 1. The molecule has 1 N–H and O–H groups in total. The van der Waals surface area contributed by atoms with Gasteiger partial charge in [-0.25, -0.2) is 0 Å². The zero-order valence-electron chi connectivity index (χ0n) is 14.4.